The number of rotatable bonds is 6. The Labute approximate surface area is 187 Å². The van der Waals surface area contributed by atoms with Gasteiger partial charge in [-0.15, -0.1) is 0 Å². The average Bonchev–Trinajstić information content (AvgIpc) is 3.12. The Bertz CT molecular complexity index is 715. The minimum absolute atomic E-state index is 0.152. The third kappa shape index (κ3) is 3.71. The van der Waals surface area contributed by atoms with Crippen molar-refractivity contribution in [3.63, 3.8) is 0 Å². The van der Waals surface area contributed by atoms with E-state index in [2.05, 4.69) is 68.1 Å². The highest BCUT2D eigenvalue weighted by molar-refractivity contribution is 6.74. The van der Waals surface area contributed by atoms with Crippen molar-refractivity contribution < 1.29 is 9.53 Å². The summed E-state index contributed by atoms with van der Waals surface area (Å²) in [6, 6.07) is 0. The molecule has 2 fully saturated rings. The van der Waals surface area contributed by atoms with Crippen molar-refractivity contribution in [2.24, 2.45) is 29.1 Å². The van der Waals surface area contributed by atoms with E-state index in [9.17, 15) is 5.11 Å². The fourth-order valence-corrected chi connectivity index (χ4v) is 7.70. The van der Waals surface area contributed by atoms with Crippen molar-refractivity contribution in [3.05, 3.63) is 23.3 Å². The summed E-state index contributed by atoms with van der Waals surface area (Å²) in [4.78, 5) is 0. The first-order valence-electron chi connectivity index (χ1n) is 12.4. The molecule has 0 radical (unpaired) electrons. The third-order valence-corrected chi connectivity index (χ3v) is 14.5. The molecule has 0 aromatic carbocycles. The second-order valence-corrected chi connectivity index (χ2v) is 17.6. The zero-order valence-electron chi connectivity index (χ0n) is 21.3. The summed E-state index contributed by atoms with van der Waals surface area (Å²) < 4.78 is 6.51. The van der Waals surface area contributed by atoms with Crippen LogP contribution in [-0.2, 0) is 4.43 Å². The van der Waals surface area contributed by atoms with Crippen LogP contribution in [0.5, 0.6) is 0 Å². The van der Waals surface area contributed by atoms with Gasteiger partial charge in [0.2, 0.25) is 0 Å². The second-order valence-electron chi connectivity index (χ2n) is 12.8. The summed E-state index contributed by atoms with van der Waals surface area (Å²) in [5.41, 5.74) is 3.30. The van der Waals surface area contributed by atoms with E-state index in [1.165, 1.54) is 29.6 Å². The predicted molar refractivity (Wildman–Crippen MR) is 131 cm³/mol. The largest absolute Gasteiger partial charge is 0.417 e. The smallest absolute Gasteiger partial charge is 0.191 e. The lowest BCUT2D eigenvalue weighted by Crippen LogP contribution is -2.53. The van der Waals surface area contributed by atoms with Gasteiger partial charge in [0, 0.05) is 12.0 Å². The molecule has 3 rings (SSSR count). The van der Waals surface area contributed by atoms with Gasteiger partial charge in [0.1, 0.15) is 0 Å². The van der Waals surface area contributed by atoms with Gasteiger partial charge in [-0.1, -0.05) is 59.3 Å². The van der Waals surface area contributed by atoms with Crippen molar-refractivity contribution >= 4 is 8.32 Å². The lowest BCUT2D eigenvalue weighted by atomic mass is 9.55. The molecular weight excluding hydrogens is 384 g/mol. The molecule has 0 saturated heterocycles. The topological polar surface area (TPSA) is 29.5 Å². The molecule has 3 aliphatic rings. The van der Waals surface area contributed by atoms with Gasteiger partial charge >= 0.3 is 0 Å². The molecule has 1 N–H and O–H groups in total. The Balaban J connectivity index is 1.78. The van der Waals surface area contributed by atoms with Crippen molar-refractivity contribution in [2.75, 3.05) is 6.61 Å². The van der Waals surface area contributed by atoms with E-state index in [0.717, 1.165) is 32.3 Å². The first-order valence-corrected chi connectivity index (χ1v) is 15.3. The molecule has 0 amide bonds. The van der Waals surface area contributed by atoms with Gasteiger partial charge in [-0.25, -0.2) is 0 Å². The molecule has 2 bridgehead atoms. The van der Waals surface area contributed by atoms with Crippen LogP contribution in [0.1, 0.15) is 87.0 Å². The SMILES string of the molecule is C=C1[C@H]2CC[C@]1(C)[C@@](O)(C1=C(C)CC[C@H]1[C@H](C)CCO[Si](C)(C)C(C)(C)C)C[C@@H]2C. The highest BCUT2D eigenvalue weighted by Gasteiger charge is 2.62. The van der Waals surface area contributed by atoms with Gasteiger partial charge < -0.3 is 9.53 Å². The molecule has 0 aliphatic heterocycles. The molecule has 0 heterocycles. The summed E-state index contributed by atoms with van der Waals surface area (Å²) in [7, 11) is -1.70. The van der Waals surface area contributed by atoms with Gasteiger partial charge in [0.15, 0.2) is 8.32 Å². The number of allylic oxidation sites excluding steroid dienone is 1. The van der Waals surface area contributed by atoms with Crippen LogP contribution in [0.4, 0.5) is 0 Å². The molecule has 0 aromatic rings. The van der Waals surface area contributed by atoms with E-state index in [1.807, 2.05) is 0 Å². The Hall–Kier alpha value is -0.383. The van der Waals surface area contributed by atoms with Crippen LogP contribution in [0.15, 0.2) is 23.3 Å². The average molecular weight is 433 g/mol. The predicted octanol–water partition coefficient (Wildman–Crippen LogP) is 7.50. The molecule has 2 saturated carbocycles. The zero-order chi connectivity index (χ0) is 22.7. The quantitative estimate of drug-likeness (QED) is 0.348. The van der Waals surface area contributed by atoms with Crippen LogP contribution in [0.25, 0.3) is 0 Å². The van der Waals surface area contributed by atoms with E-state index < -0.39 is 13.9 Å². The lowest BCUT2D eigenvalue weighted by Gasteiger charge is -2.53. The van der Waals surface area contributed by atoms with Gasteiger partial charge in [-0.05, 0) is 92.8 Å². The van der Waals surface area contributed by atoms with Gasteiger partial charge in [-0.3, -0.25) is 0 Å². The molecule has 3 aliphatic carbocycles. The third-order valence-electron chi connectivity index (χ3n) is 9.96. The summed E-state index contributed by atoms with van der Waals surface area (Å²) in [6.45, 7) is 26.3. The molecule has 2 nitrogen and oxygen atoms in total. The summed E-state index contributed by atoms with van der Waals surface area (Å²) in [5.74, 6) is 2.15. The maximum Gasteiger partial charge on any atom is 0.191 e. The lowest BCUT2D eigenvalue weighted by molar-refractivity contribution is -0.0609. The normalized spacial score (nSPS) is 38.5. The van der Waals surface area contributed by atoms with Crippen molar-refractivity contribution in [3.8, 4) is 0 Å². The molecule has 3 heteroatoms. The molecular formula is C27H48O2Si. The Kier molecular flexibility index (Phi) is 6.38. The van der Waals surface area contributed by atoms with Crippen LogP contribution in [-0.4, -0.2) is 25.6 Å². The van der Waals surface area contributed by atoms with Crippen molar-refractivity contribution in [2.45, 2.75) is 111 Å². The monoisotopic (exact) mass is 432 g/mol. The van der Waals surface area contributed by atoms with Gasteiger partial charge in [0.05, 0.1) is 5.60 Å². The second kappa shape index (κ2) is 7.88. The number of hydrogen-bond acceptors (Lipinski definition) is 2. The highest BCUT2D eigenvalue weighted by atomic mass is 28.4. The van der Waals surface area contributed by atoms with Crippen molar-refractivity contribution in [1.82, 2.24) is 0 Å². The Morgan fingerprint density at radius 1 is 1.27 bits per heavy atom. The van der Waals surface area contributed by atoms with Crippen molar-refractivity contribution in [1.29, 1.82) is 0 Å². The molecule has 0 aromatic heterocycles. The summed E-state index contributed by atoms with van der Waals surface area (Å²) >= 11 is 0. The van der Waals surface area contributed by atoms with Crippen LogP contribution < -0.4 is 0 Å². The zero-order valence-corrected chi connectivity index (χ0v) is 22.3. The maximum atomic E-state index is 12.4. The minimum atomic E-state index is -1.70. The fourth-order valence-electron chi connectivity index (χ4n) is 6.64. The van der Waals surface area contributed by atoms with E-state index >= 15 is 0 Å². The van der Waals surface area contributed by atoms with E-state index in [4.69, 9.17) is 4.43 Å². The first-order chi connectivity index (χ1) is 13.7. The number of hydrogen-bond donors (Lipinski definition) is 1. The van der Waals surface area contributed by atoms with E-state index in [1.54, 1.807) is 0 Å². The minimum Gasteiger partial charge on any atom is -0.417 e. The maximum absolute atomic E-state index is 12.4. The molecule has 30 heavy (non-hydrogen) atoms. The van der Waals surface area contributed by atoms with E-state index in [-0.39, 0.29) is 10.5 Å². The van der Waals surface area contributed by atoms with Gasteiger partial charge in [0.25, 0.3) is 0 Å². The standard InChI is InChI=1S/C27H48O2Si/c1-18(14-16-29-30(9,10)25(5,6)7)23-12-11-19(2)24(23)27(28)17-20(3)22-13-15-26(27,8)21(22)4/h18,20,22-23,28H,4,11-17H2,1-3,5-10H3/t18-,20+,22+,23+,26+,27+/m1/s1. The number of aliphatic hydroxyl groups is 1. The fraction of sp³-hybridized carbons (Fsp3) is 0.852. The number of fused-ring (bicyclic) bond motifs is 2. The van der Waals surface area contributed by atoms with E-state index in [0.29, 0.717) is 23.7 Å². The van der Waals surface area contributed by atoms with Crippen LogP contribution in [0.3, 0.4) is 0 Å². The molecule has 0 unspecified atom stereocenters. The Morgan fingerprint density at radius 3 is 2.50 bits per heavy atom. The van der Waals surface area contributed by atoms with Gasteiger partial charge in [-0.2, -0.15) is 0 Å². The summed E-state index contributed by atoms with van der Waals surface area (Å²) in [5, 5.41) is 12.6. The Morgan fingerprint density at radius 2 is 1.90 bits per heavy atom. The molecule has 172 valence electrons. The van der Waals surface area contributed by atoms with Crippen LogP contribution >= 0.6 is 0 Å². The molecule has 6 atom stereocenters. The van der Waals surface area contributed by atoms with Crippen LogP contribution in [0.2, 0.25) is 18.1 Å². The molecule has 0 spiro atoms. The van der Waals surface area contributed by atoms with Crippen LogP contribution in [0, 0.1) is 29.1 Å². The highest BCUT2D eigenvalue weighted by Crippen LogP contribution is 2.65. The summed E-state index contributed by atoms with van der Waals surface area (Å²) in [6.07, 6.45) is 6.60. The first kappa shape index (κ1) is 24.3.